The Morgan fingerprint density at radius 3 is 2.61 bits per heavy atom. The third kappa shape index (κ3) is 7.22. The van der Waals surface area contributed by atoms with Crippen molar-refractivity contribution in [2.45, 2.75) is 13.8 Å². The van der Waals surface area contributed by atoms with E-state index >= 15 is 0 Å². The monoisotopic (exact) mass is 473 g/mol. The number of non-ortho nitro benzene ring substituents is 1. The summed E-state index contributed by atoms with van der Waals surface area (Å²) >= 11 is 6.28. The van der Waals surface area contributed by atoms with Crippen molar-refractivity contribution in [3.63, 3.8) is 0 Å². The SMILES string of the molecule is CCOC(=O)COc1c(Cl)cc(/C=C(\C#N)C(=O)Nc2cccc([N+](=O)[O-])c2)cc1OCC. The van der Waals surface area contributed by atoms with Gasteiger partial charge in [0.25, 0.3) is 11.6 Å². The molecule has 0 radical (unpaired) electrons. The molecule has 11 heteroatoms. The van der Waals surface area contributed by atoms with Gasteiger partial charge in [0.2, 0.25) is 0 Å². The molecular weight excluding hydrogens is 454 g/mol. The summed E-state index contributed by atoms with van der Waals surface area (Å²) in [6.07, 6.45) is 1.27. The van der Waals surface area contributed by atoms with Crippen molar-refractivity contribution in [2.75, 3.05) is 25.1 Å². The van der Waals surface area contributed by atoms with E-state index in [0.29, 0.717) is 5.56 Å². The summed E-state index contributed by atoms with van der Waals surface area (Å²) in [6, 6.07) is 10.0. The number of hydrogen-bond donors (Lipinski definition) is 1. The van der Waals surface area contributed by atoms with Crippen molar-refractivity contribution in [1.82, 2.24) is 0 Å². The molecule has 0 spiro atoms. The van der Waals surface area contributed by atoms with Crippen LogP contribution in [0, 0.1) is 21.4 Å². The van der Waals surface area contributed by atoms with Crippen LogP contribution in [0.1, 0.15) is 19.4 Å². The smallest absolute Gasteiger partial charge is 0.344 e. The fraction of sp³-hybridized carbons (Fsp3) is 0.227. The molecule has 10 nitrogen and oxygen atoms in total. The number of rotatable bonds is 10. The van der Waals surface area contributed by atoms with Gasteiger partial charge in [0, 0.05) is 17.8 Å². The van der Waals surface area contributed by atoms with E-state index in [4.69, 9.17) is 25.8 Å². The van der Waals surface area contributed by atoms with Gasteiger partial charge < -0.3 is 19.5 Å². The van der Waals surface area contributed by atoms with E-state index in [1.54, 1.807) is 19.9 Å². The van der Waals surface area contributed by atoms with Gasteiger partial charge in [0.1, 0.15) is 11.6 Å². The van der Waals surface area contributed by atoms with E-state index in [0.717, 1.165) is 0 Å². The highest BCUT2D eigenvalue weighted by Gasteiger charge is 2.17. The molecule has 172 valence electrons. The van der Waals surface area contributed by atoms with Crippen LogP contribution < -0.4 is 14.8 Å². The lowest BCUT2D eigenvalue weighted by atomic mass is 10.1. The predicted octanol–water partition coefficient (Wildman–Crippen LogP) is 4.13. The number of anilines is 1. The molecule has 0 aliphatic rings. The number of amides is 1. The fourth-order valence-electron chi connectivity index (χ4n) is 2.62. The zero-order valence-electron chi connectivity index (χ0n) is 17.8. The number of nitrogens with zero attached hydrogens (tertiary/aromatic N) is 2. The van der Waals surface area contributed by atoms with Crippen molar-refractivity contribution in [2.24, 2.45) is 0 Å². The van der Waals surface area contributed by atoms with Crippen LogP contribution in [0.25, 0.3) is 6.08 Å². The molecule has 2 aromatic rings. The van der Waals surface area contributed by atoms with Crippen molar-refractivity contribution < 1.29 is 28.7 Å². The lowest BCUT2D eigenvalue weighted by Crippen LogP contribution is -2.15. The average molecular weight is 474 g/mol. The van der Waals surface area contributed by atoms with Crippen LogP contribution in [0.4, 0.5) is 11.4 Å². The highest BCUT2D eigenvalue weighted by molar-refractivity contribution is 6.32. The number of halogens is 1. The summed E-state index contributed by atoms with van der Waals surface area (Å²) in [5.74, 6) is -1.03. The van der Waals surface area contributed by atoms with Crippen LogP contribution >= 0.6 is 11.6 Å². The van der Waals surface area contributed by atoms with E-state index in [-0.39, 0.29) is 53.3 Å². The number of benzene rings is 2. The third-order valence-corrected chi connectivity index (χ3v) is 4.24. The topological polar surface area (TPSA) is 141 Å². The Labute approximate surface area is 194 Å². The van der Waals surface area contributed by atoms with Crippen molar-refractivity contribution in [3.05, 3.63) is 62.7 Å². The second kappa shape index (κ2) is 12.1. The van der Waals surface area contributed by atoms with Crippen molar-refractivity contribution in [1.29, 1.82) is 5.26 Å². The Morgan fingerprint density at radius 1 is 1.21 bits per heavy atom. The van der Waals surface area contributed by atoms with Gasteiger partial charge in [-0.25, -0.2) is 4.79 Å². The van der Waals surface area contributed by atoms with Crippen LogP contribution in [-0.4, -0.2) is 36.6 Å². The minimum absolute atomic E-state index is 0.0906. The molecule has 0 saturated heterocycles. The third-order valence-electron chi connectivity index (χ3n) is 3.96. The zero-order chi connectivity index (χ0) is 24.4. The van der Waals surface area contributed by atoms with Gasteiger partial charge in [-0.15, -0.1) is 0 Å². The van der Waals surface area contributed by atoms with Crippen molar-refractivity contribution >= 4 is 40.9 Å². The Hall–Kier alpha value is -4.10. The quantitative estimate of drug-likeness (QED) is 0.178. The van der Waals surface area contributed by atoms with E-state index in [1.807, 2.05) is 0 Å². The number of nitriles is 1. The van der Waals surface area contributed by atoms with E-state index in [9.17, 15) is 25.0 Å². The van der Waals surface area contributed by atoms with Crippen LogP contribution in [0.5, 0.6) is 11.5 Å². The molecular formula is C22H20ClN3O7. The molecule has 0 fully saturated rings. The summed E-state index contributed by atoms with van der Waals surface area (Å²) in [7, 11) is 0. The highest BCUT2D eigenvalue weighted by Crippen LogP contribution is 2.37. The van der Waals surface area contributed by atoms with Gasteiger partial charge in [-0.05, 0) is 43.7 Å². The normalized spacial score (nSPS) is 10.7. The second-order valence-corrected chi connectivity index (χ2v) is 6.70. The molecule has 2 rings (SSSR count). The molecule has 1 amide bonds. The first kappa shape index (κ1) is 25.2. The highest BCUT2D eigenvalue weighted by atomic mass is 35.5. The molecule has 0 aliphatic carbocycles. The van der Waals surface area contributed by atoms with Gasteiger partial charge in [0.05, 0.1) is 23.2 Å². The molecule has 1 N–H and O–H groups in total. The molecule has 0 saturated carbocycles. The number of nitro groups is 1. The zero-order valence-corrected chi connectivity index (χ0v) is 18.5. The number of esters is 1. The van der Waals surface area contributed by atoms with Crippen LogP contribution in [-0.2, 0) is 14.3 Å². The summed E-state index contributed by atoms with van der Waals surface area (Å²) < 4.78 is 15.8. The van der Waals surface area contributed by atoms with Gasteiger partial charge in [-0.2, -0.15) is 5.26 Å². The average Bonchev–Trinajstić information content (AvgIpc) is 2.77. The number of carbonyl (C=O) groups is 2. The lowest BCUT2D eigenvalue weighted by Gasteiger charge is -2.14. The fourth-order valence-corrected chi connectivity index (χ4v) is 2.89. The standard InChI is InChI=1S/C22H20ClN3O7/c1-3-31-19-10-14(9-18(23)21(19)33-13-20(27)32-4-2)8-15(12-24)22(28)25-16-6-5-7-17(11-16)26(29)30/h5-11H,3-4,13H2,1-2H3,(H,25,28)/b15-8+. The number of nitrogens with one attached hydrogen (secondary N) is 1. The summed E-state index contributed by atoms with van der Waals surface area (Å²) in [4.78, 5) is 34.4. The minimum Gasteiger partial charge on any atom is -0.490 e. The molecule has 0 atom stereocenters. The number of hydrogen-bond acceptors (Lipinski definition) is 8. The first-order chi connectivity index (χ1) is 15.8. The Kier molecular flexibility index (Phi) is 9.20. The maximum absolute atomic E-state index is 12.5. The first-order valence-electron chi connectivity index (χ1n) is 9.71. The van der Waals surface area contributed by atoms with Crippen LogP contribution in [0.3, 0.4) is 0 Å². The first-order valence-corrected chi connectivity index (χ1v) is 10.1. The number of ether oxygens (including phenoxy) is 3. The van der Waals surface area contributed by atoms with Crippen LogP contribution in [0.2, 0.25) is 5.02 Å². The molecule has 0 heterocycles. The van der Waals surface area contributed by atoms with Gasteiger partial charge in [0.15, 0.2) is 18.1 Å². The lowest BCUT2D eigenvalue weighted by molar-refractivity contribution is -0.384. The maximum Gasteiger partial charge on any atom is 0.344 e. The molecule has 0 unspecified atom stereocenters. The predicted molar refractivity (Wildman–Crippen MR) is 120 cm³/mol. The summed E-state index contributed by atoms with van der Waals surface area (Å²) in [5, 5.41) is 22.9. The Balaban J connectivity index is 2.29. The molecule has 0 aromatic heterocycles. The van der Waals surface area contributed by atoms with Crippen molar-refractivity contribution in [3.8, 4) is 17.6 Å². The second-order valence-electron chi connectivity index (χ2n) is 6.29. The molecule has 0 bridgehead atoms. The van der Waals surface area contributed by atoms with E-state index < -0.39 is 16.8 Å². The van der Waals surface area contributed by atoms with E-state index in [1.165, 1.54) is 42.5 Å². The number of nitro benzene ring substituents is 1. The van der Waals surface area contributed by atoms with Crippen LogP contribution in [0.15, 0.2) is 42.0 Å². The Bertz CT molecular complexity index is 1130. The number of carbonyl (C=O) groups excluding carboxylic acids is 2. The summed E-state index contributed by atoms with van der Waals surface area (Å²) in [5.41, 5.74) is 0.0332. The Morgan fingerprint density at radius 2 is 1.97 bits per heavy atom. The van der Waals surface area contributed by atoms with Gasteiger partial charge in [-0.1, -0.05) is 17.7 Å². The largest absolute Gasteiger partial charge is 0.490 e. The molecule has 0 aliphatic heterocycles. The van der Waals surface area contributed by atoms with E-state index in [2.05, 4.69) is 5.32 Å². The maximum atomic E-state index is 12.5. The summed E-state index contributed by atoms with van der Waals surface area (Å²) in [6.45, 7) is 3.49. The van der Waals surface area contributed by atoms with Gasteiger partial charge >= 0.3 is 5.97 Å². The van der Waals surface area contributed by atoms with Gasteiger partial charge in [-0.3, -0.25) is 14.9 Å². The molecule has 2 aromatic carbocycles. The minimum atomic E-state index is -0.769. The molecule has 33 heavy (non-hydrogen) atoms.